The second kappa shape index (κ2) is 11.0. The van der Waals surface area contributed by atoms with E-state index in [9.17, 15) is 0 Å². The molecule has 0 saturated heterocycles. The molecule has 0 spiro atoms. The van der Waals surface area contributed by atoms with E-state index in [-0.39, 0.29) is 0 Å². The molecule has 4 aromatic heterocycles. The van der Waals surface area contributed by atoms with Crippen molar-refractivity contribution in [1.29, 1.82) is 0 Å². The van der Waals surface area contributed by atoms with Crippen LogP contribution in [0.1, 0.15) is 22.3 Å². The Morgan fingerprint density at radius 3 is 0.868 bits per heavy atom. The molecule has 0 fully saturated rings. The lowest BCUT2D eigenvalue weighted by Crippen LogP contribution is -2.38. The molecular weight excluding hydrogens is 472 g/mol. The Labute approximate surface area is 223 Å². The average Bonchev–Trinajstić information content (AvgIpc) is 3.74. The Morgan fingerprint density at radius 1 is 0.447 bits per heavy atom. The van der Waals surface area contributed by atoms with Gasteiger partial charge >= 0.3 is 0 Å². The van der Waals surface area contributed by atoms with Crippen LogP contribution >= 0.6 is 0 Å². The van der Waals surface area contributed by atoms with Crippen LogP contribution < -0.4 is 18.3 Å². The van der Waals surface area contributed by atoms with E-state index in [1.165, 1.54) is 22.3 Å². The maximum absolute atomic E-state index is 3.88. The standard InChI is InChI=1S/C30H34N8/c1-5-31-9-13-35(23-31)19-27-17-29(21-37-15-11-33(7-3)25-37)30(22-38-16-12-34(8-4)26-38)18-28(27)20-36-14-10-32(6-2)24-36/h5-18,23-26H,1-4,19-22H2/q+4. The minimum Gasteiger partial charge on any atom is -0.232 e. The molecule has 8 nitrogen and oxygen atoms in total. The second-order valence-electron chi connectivity index (χ2n) is 9.25. The van der Waals surface area contributed by atoms with Gasteiger partial charge in [-0.3, -0.25) is 0 Å². The third-order valence-corrected chi connectivity index (χ3v) is 6.62. The molecule has 5 rings (SSSR count). The van der Waals surface area contributed by atoms with Crippen molar-refractivity contribution in [2.24, 2.45) is 0 Å². The van der Waals surface area contributed by atoms with Crippen LogP contribution in [-0.4, -0.2) is 18.3 Å². The van der Waals surface area contributed by atoms with Crippen LogP contribution in [0.25, 0.3) is 24.8 Å². The minimum absolute atomic E-state index is 0.754. The molecule has 0 saturated carbocycles. The van der Waals surface area contributed by atoms with E-state index >= 15 is 0 Å². The van der Waals surface area contributed by atoms with E-state index in [2.05, 4.69) is 107 Å². The summed E-state index contributed by atoms with van der Waals surface area (Å²) in [5.74, 6) is 0. The summed E-state index contributed by atoms with van der Waals surface area (Å²) >= 11 is 0. The van der Waals surface area contributed by atoms with Crippen molar-refractivity contribution >= 4 is 24.8 Å². The SMILES string of the molecule is C=Cn1cc[n+](Cc2cc(C[n+]3ccn(C=C)c3)c(C[n+]3ccn(C=C)c3)cc2C[n+]2ccn(C=C)c2)c1. The van der Waals surface area contributed by atoms with Crippen LogP contribution in [-0.2, 0) is 26.2 Å². The van der Waals surface area contributed by atoms with Crippen LogP contribution in [0.5, 0.6) is 0 Å². The summed E-state index contributed by atoms with van der Waals surface area (Å²) in [5.41, 5.74) is 5.08. The molecule has 0 N–H and O–H groups in total. The summed E-state index contributed by atoms with van der Waals surface area (Å²) in [6, 6.07) is 4.72. The smallest absolute Gasteiger partial charge is 0.232 e. The molecule has 4 heterocycles. The number of hydrogen-bond acceptors (Lipinski definition) is 0. The number of aromatic nitrogens is 8. The average molecular weight is 507 g/mol. The van der Waals surface area contributed by atoms with Gasteiger partial charge in [-0.05, 0) is 12.1 Å². The molecule has 38 heavy (non-hydrogen) atoms. The molecule has 0 amide bonds. The topological polar surface area (TPSA) is 35.2 Å². The third kappa shape index (κ3) is 5.54. The summed E-state index contributed by atoms with van der Waals surface area (Å²) in [7, 11) is 0. The number of hydrogen-bond donors (Lipinski definition) is 0. The summed E-state index contributed by atoms with van der Waals surface area (Å²) in [5, 5.41) is 0. The fourth-order valence-corrected chi connectivity index (χ4v) is 4.62. The van der Waals surface area contributed by atoms with Gasteiger partial charge in [0.2, 0.25) is 25.3 Å². The van der Waals surface area contributed by atoms with E-state index in [1.807, 2.05) is 43.1 Å². The van der Waals surface area contributed by atoms with E-state index < -0.39 is 0 Å². The fraction of sp³-hybridized carbons (Fsp3) is 0.133. The van der Waals surface area contributed by atoms with Gasteiger partial charge in [0.1, 0.15) is 75.8 Å². The number of imidazole rings is 4. The Bertz CT molecular complexity index is 1370. The molecule has 0 atom stereocenters. The third-order valence-electron chi connectivity index (χ3n) is 6.62. The Morgan fingerprint density at radius 2 is 0.684 bits per heavy atom. The summed E-state index contributed by atoms with van der Waals surface area (Å²) in [6.07, 6.45) is 31.8. The molecule has 8 heteroatoms. The maximum atomic E-state index is 3.88. The van der Waals surface area contributed by atoms with Gasteiger partial charge in [0.15, 0.2) is 0 Å². The van der Waals surface area contributed by atoms with Gasteiger partial charge in [-0.2, -0.15) is 0 Å². The van der Waals surface area contributed by atoms with Gasteiger partial charge in [0, 0.05) is 22.3 Å². The van der Waals surface area contributed by atoms with Crippen molar-refractivity contribution in [2.45, 2.75) is 26.2 Å². The molecule has 0 aliphatic rings. The van der Waals surface area contributed by atoms with Crippen LogP contribution in [0.2, 0.25) is 0 Å². The normalized spacial score (nSPS) is 10.9. The lowest BCUT2D eigenvalue weighted by Gasteiger charge is -2.14. The number of nitrogens with zero attached hydrogens (tertiary/aromatic N) is 8. The highest BCUT2D eigenvalue weighted by Gasteiger charge is 2.19. The highest BCUT2D eigenvalue weighted by atomic mass is 15.1. The molecule has 0 unspecified atom stereocenters. The Balaban J connectivity index is 1.58. The van der Waals surface area contributed by atoms with Crippen molar-refractivity contribution in [3.63, 3.8) is 0 Å². The van der Waals surface area contributed by atoms with Crippen molar-refractivity contribution in [3.05, 3.63) is 136 Å². The van der Waals surface area contributed by atoms with Crippen molar-refractivity contribution in [3.8, 4) is 0 Å². The predicted molar refractivity (Wildman–Crippen MR) is 147 cm³/mol. The monoisotopic (exact) mass is 506 g/mol. The first-order chi connectivity index (χ1) is 18.6. The fourth-order valence-electron chi connectivity index (χ4n) is 4.62. The lowest BCUT2D eigenvalue weighted by atomic mass is 9.97. The summed E-state index contributed by atoms with van der Waals surface area (Å²) in [4.78, 5) is 0. The van der Waals surface area contributed by atoms with Gasteiger partial charge in [-0.25, -0.2) is 36.5 Å². The minimum atomic E-state index is 0.754. The first-order valence-corrected chi connectivity index (χ1v) is 12.5. The maximum Gasteiger partial charge on any atom is 0.248 e. The number of benzene rings is 1. The van der Waals surface area contributed by atoms with Crippen LogP contribution in [0.4, 0.5) is 0 Å². The van der Waals surface area contributed by atoms with Gasteiger partial charge < -0.3 is 0 Å². The Kier molecular flexibility index (Phi) is 7.13. The highest BCUT2D eigenvalue weighted by molar-refractivity contribution is 5.37. The van der Waals surface area contributed by atoms with Gasteiger partial charge in [-0.15, -0.1) is 0 Å². The van der Waals surface area contributed by atoms with E-state index in [1.54, 1.807) is 24.8 Å². The first kappa shape index (κ1) is 24.7. The molecule has 0 bridgehead atoms. The van der Waals surface area contributed by atoms with E-state index in [0.29, 0.717) is 0 Å². The van der Waals surface area contributed by atoms with Gasteiger partial charge in [0.25, 0.3) is 0 Å². The molecule has 190 valence electrons. The zero-order chi connectivity index (χ0) is 26.5. The van der Waals surface area contributed by atoms with E-state index in [0.717, 1.165) is 26.2 Å². The second-order valence-corrected chi connectivity index (χ2v) is 9.25. The summed E-state index contributed by atoms with van der Waals surface area (Å²) < 4.78 is 16.6. The largest absolute Gasteiger partial charge is 0.248 e. The number of rotatable bonds is 12. The molecule has 0 aliphatic carbocycles. The van der Waals surface area contributed by atoms with Crippen molar-refractivity contribution in [2.75, 3.05) is 0 Å². The predicted octanol–water partition coefficient (Wildman–Crippen LogP) is 2.64. The molecular formula is C30H34N8+4. The van der Waals surface area contributed by atoms with Crippen LogP contribution in [0, 0.1) is 0 Å². The highest BCUT2D eigenvalue weighted by Crippen LogP contribution is 2.19. The van der Waals surface area contributed by atoms with Crippen LogP contribution in [0.3, 0.4) is 0 Å². The first-order valence-electron chi connectivity index (χ1n) is 12.5. The van der Waals surface area contributed by atoms with Crippen molar-refractivity contribution < 1.29 is 18.3 Å². The Hall–Kier alpha value is -4.98. The van der Waals surface area contributed by atoms with Crippen LogP contribution in [0.15, 0.2) is 113 Å². The quantitative estimate of drug-likeness (QED) is 0.233. The molecule has 0 radical (unpaired) electrons. The van der Waals surface area contributed by atoms with Gasteiger partial charge in [-0.1, -0.05) is 26.3 Å². The molecule has 1 aromatic carbocycles. The molecule has 5 aromatic rings. The molecule has 0 aliphatic heterocycles. The van der Waals surface area contributed by atoms with E-state index in [4.69, 9.17) is 0 Å². The summed E-state index contributed by atoms with van der Waals surface area (Å²) in [6.45, 7) is 18.5. The van der Waals surface area contributed by atoms with Crippen molar-refractivity contribution in [1.82, 2.24) is 18.3 Å². The zero-order valence-corrected chi connectivity index (χ0v) is 21.6. The van der Waals surface area contributed by atoms with Gasteiger partial charge in [0.05, 0.1) is 24.8 Å². The zero-order valence-electron chi connectivity index (χ0n) is 21.6. The lowest BCUT2D eigenvalue weighted by molar-refractivity contribution is -0.694.